The molecule has 3 rings (SSSR count). The van der Waals surface area contributed by atoms with Gasteiger partial charge in [0.25, 0.3) is 0 Å². The minimum Gasteiger partial charge on any atom is -0.438 e. The van der Waals surface area contributed by atoms with Crippen molar-refractivity contribution in [1.82, 2.24) is 4.98 Å². The first-order chi connectivity index (χ1) is 10.3. The number of nitrogens with zero attached hydrogens (tertiary/aromatic N) is 1. The Morgan fingerprint density at radius 3 is 2.57 bits per heavy atom. The lowest BCUT2D eigenvalue weighted by Gasteiger charge is -2.13. The number of fused-ring (bicyclic) bond motifs is 1. The lowest BCUT2D eigenvalue weighted by Crippen LogP contribution is -2.02. The van der Waals surface area contributed by atoms with Crippen molar-refractivity contribution in [2.45, 2.75) is 19.9 Å². The van der Waals surface area contributed by atoms with Crippen LogP contribution in [-0.4, -0.2) is 4.98 Å². The van der Waals surface area contributed by atoms with Crippen LogP contribution in [0.5, 0.6) is 11.6 Å². The Balaban J connectivity index is 2.06. The molecule has 21 heavy (non-hydrogen) atoms. The average Bonchev–Trinajstić information content (AvgIpc) is 2.54. The molecule has 2 aromatic carbocycles. The van der Waals surface area contributed by atoms with Crippen LogP contribution in [0.15, 0.2) is 54.6 Å². The van der Waals surface area contributed by atoms with E-state index in [1.807, 2.05) is 48.5 Å². The molecular weight excluding hydrogens is 260 g/mol. The zero-order valence-electron chi connectivity index (χ0n) is 12.0. The van der Waals surface area contributed by atoms with E-state index in [9.17, 15) is 0 Å². The maximum Gasteiger partial charge on any atom is 0.224 e. The van der Waals surface area contributed by atoms with Crippen LogP contribution in [0, 0.1) is 0 Å². The summed E-state index contributed by atoms with van der Waals surface area (Å²) in [5.41, 5.74) is 8.84. The van der Waals surface area contributed by atoms with Crippen LogP contribution in [0.25, 0.3) is 10.9 Å². The number of pyridine rings is 1. The Labute approximate surface area is 124 Å². The fourth-order valence-electron chi connectivity index (χ4n) is 2.38. The molecule has 3 heteroatoms. The lowest BCUT2D eigenvalue weighted by molar-refractivity contribution is 0.453. The summed E-state index contributed by atoms with van der Waals surface area (Å²) in [6.07, 6.45) is 0.918. The van der Waals surface area contributed by atoms with E-state index in [1.54, 1.807) is 0 Å². The molecule has 1 heterocycles. The van der Waals surface area contributed by atoms with E-state index in [4.69, 9.17) is 10.5 Å². The fraction of sp³-hybridized carbons (Fsp3) is 0.167. The number of aromatic nitrogens is 1. The minimum absolute atomic E-state index is 0.404. The van der Waals surface area contributed by atoms with Crippen molar-refractivity contribution in [2.75, 3.05) is 0 Å². The summed E-state index contributed by atoms with van der Waals surface area (Å²) in [6, 6.07) is 18.1. The second-order valence-corrected chi connectivity index (χ2v) is 4.91. The van der Waals surface area contributed by atoms with Gasteiger partial charge in [0, 0.05) is 17.5 Å². The number of benzene rings is 2. The second kappa shape index (κ2) is 5.94. The van der Waals surface area contributed by atoms with Gasteiger partial charge in [-0.3, -0.25) is 0 Å². The van der Waals surface area contributed by atoms with E-state index in [0.29, 0.717) is 12.4 Å². The molecule has 106 valence electrons. The van der Waals surface area contributed by atoms with Gasteiger partial charge in [-0.15, -0.1) is 0 Å². The molecule has 0 atom stereocenters. The predicted molar refractivity (Wildman–Crippen MR) is 85.5 cm³/mol. The summed E-state index contributed by atoms with van der Waals surface area (Å²) in [6.45, 7) is 2.52. The summed E-state index contributed by atoms with van der Waals surface area (Å²) < 4.78 is 6.04. The number of hydrogen-bond acceptors (Lipinski definition) is 3. The highest BCUT2D eigenvalue weighted by atomic mass is 16.5. The Kier molecular flexibility index (Phi) is 3.84. The molecule has 0 saturated carbocycles. The van der Waals surface area contributed by atoms with Crippen molar-refractivity contribution in [1.29, 1.82) is 0 Å². The highest BCUT2D eigenvalue weighted by molar-refractivity contribution is 5.80. The number of hydrogen-bond donors (Lipinski definition) is 1. The first kappa shape index (κ1) is 13.6. The van der Waals surface area contributed by atoms with Crippen molar-refractivity contribution in [2.24, 2.45) is 5.73 Å². The lowest BCUT2D eigenvalue weighted by atomic mass is 10.1. The maximum absolute atomic E-state index is 6.04. The Morgan fingerprint density at radius 1 is 1.00 bits per heavy atom. The van der Waals surface area contributed by atoms with Crippen LogP contribution in [0.4, 0.5) is 0 Å². The van der Waals surface area contributed by atoms with Crippen LogP contribution in [0.3, 0.4) is 0 Å². The Morgan fingerprint density at radius 2 is 1.76 bits per heavy atom. The number of ether oxygens (including phenoxy) is 1. The highest BCUT2D eigenvalue weighted by Gasteiger charge is 2.10. The van der Waals surface area contributed by atoms with Crippen molar-refractivity contribution >= 4 is 10.9 Å². The standard InChI is InChI=1S/C18H18N2O/c1-2-13-7-4-6-10-17(13)21-18-15(12-19)11-14-8-3-5-9-16(14)20-18/h3-11H,2,12,19H2,1H3. The molecule has 0 aliphatic heterocycles. The smallest absolute Gasteiger partial charge is 0.224 e. The number of aryl methyl sites for hydroxylation is 1. The monoisotopic (exact) mass is 278 g/mol. The summed E-state index contributed by atoms with van der Waals surface area (Å²) in [5.74, 6) is 1.44. The van der Waals surface area contributed by atoms with Gasteiger partial charge in [0.15, 0.2) is 0 Å². The molecule has 0 saturated heterocycles. The third kappa shape index (κ3) is 2.73. The van der Waals surface area contributed by atoms with Gasteiger partial charge < -0.3 is 10.5 Å². The number of para-hydroxylation sites is 2. The van der Waals surface area contributed by atoms with E-state index in [-0.39, 0.29) is 0 Å². The zero-order valence-corrected chi connectivity index (χ0v) is 12.0. The molecule has 0 radical (unpaired) electrons. The van der Waals surface area contributed by atoms with Crippen molar-refractivity contribution in [3.05, 3.63) is 65.7 Å². The second-order valence-electron chi connectivity index (χ2n) is 4.91. The summed E-state index contributed by atoms with van der Waals surface area (Å²) >= 11 is 0. The third-order valence-corrected chi connectivity index (χ3v) is 3.54. The Bertz CT molecular complexity index is 768. The van der Waals surface area contributed by atoms with Gasteiger partial charge in [-0.05, 0) is 30.2 Å². The molecule has 0 aliphatic carbocycles. The summed E-state index contributed by atoms with van der Waals surface area (Å²) in [5, 5.41) is 1.08. The first-order valence-electron chi connectivity index (χ1n) is 7.16. The van der Waals surface area contributed by atoms with Gasteiger partial charge in [0.1, 0.15) is 5.75 Å². The molecule has 2 N–H and O–H groups in total. The minimum atomic E-state index is 0.404. The maximum atomic E-state index is 6.04. The van der Waals surface area contributed by atoms with Crippen LogP contribution in [0.1, 0.15) is 18.1 Å². The van der Waals surface area contributed by atoms with Crippen molar-refractivity contribution < 1.29 is 4.74 Å². The quantitative estimate of drug-likeness (QED) is 0.783. The molecular formula is C18H18N2O. The van der Waals surface area contributed by atoms with Gasteiger partial charge >= 0.3 is 0 Å². The topological polar surface area (TPSA) is 48.1 Å². The van der Waals surface area contributed by atoms with Gasteiger partial charge in [0.2, 0.25) is 5.88 Å². The molecule has 0 spiro atoms. The fourth-order valence-corrected chi connectivity index (χ4v) is 2.38. The van der Waals surface area contributed by atoms with Gasteiger partial charge in [0.05, 0.1) is 5.52 Å². The molecule has 0 fully saturated rings. The van der Waals surface area contributed by atoms with Crippen molar-refractivity contribution in [3.63, 3.8) is 0 Å². The molecule has 0 bridgehead atoms. The largest absolute Gasteiger partial charge is 0.438 e. The van der Waals surface area contributed by atoms with Crippen LogP contribution >= 0.6 is 0 Å². The van der Waals surface area contributed by atoms with Crippen molar-refractivity contribution in [3.8, 4) is 11.6 Å². The van der Waals surface area contributed by atoms with Crippen LogP contribution in [0.2, 0.25) is 0 Å². The van der Waals surface area contributed by atoms with Gasteiger partial charge in [-0.2, -0.15) is 0 Å². The van der Waals surface area contributed by atoms with E-state index in [2.05, 4.69) is 18.0 Å². The van der Waals surface area contributed by atoms with E-state index < -0.39 is 0 Å². The molecule has 0 amide bonds. The van der Waals surface area contributed by atoms with E-state index in [0.717, 1.165) is 34.2 Å². The number of nitrogens with two attached hydrogens (primary N) is 1. The average molecular weight is 278 g/mol. The molecule has 1 aromatic heterocycles. The highest BCUT2D eigenvalue weighted by Crippen LogP contribution is 2.29. The molecule has 0 aliphatic rings. The predicted octanol–water partition coefficient (Wildman–Crippen LogP) is 4.05. The van der Waals surface area contributed by atoms with Crippen LogP contribution in [-0.2, 0) is 13.0 Å². The SMILES string of the molecule is CCc1ccccc1Oc1nc2ccccc2cc1CN. The molecule has 3 nitrogen and oxygen atoms in total. The van der Waals surface area contributed by atoms with E-state index in [1.165, 1.54) is 0 Å². The first-order valence-corrected chi connectivity index (χ1v) is 7.16. The van der Waals surface area contributed by atoms with Gasteiger partial charge in [-0.1, -0.05) is 43.3 Å². The van der Waals surface area contributed by atoms with Crippen LogP contribution < -0.4 is 10.5 Å². The molecule has 0 unspecified atom stereocenters. The van der Waals surface area contributed by atoms with Gasteiger partial charge in [-0.25, -0.2) is 4.98 Å². The zero-order chi connectivity index (χ0) is 14.7. The third-order valence-electron chi connectivity index (χ3n) is 3.54. The summed E-state index contributed by atoms with van der Waals surface area (Å²) in [7, 11) is 0. The number of rotatable bonds is 4. The summed E-state index contributed by atoms with van der Waals surface area (Å²) in [4.78, 5) is 4.61. The molecule has 3 aromatic rings. The van der Waals surface area contributed by atoms with E-state index >= 15 is 0 Å². The Hall–Kier alpha value is -2.39. The normalized spacial score (nSPS) is 10.8.